The first-order valence-corrected chi connectivity index (χ1v) is 7.04. The Labute approximate surface area is 114 Å². The zero-order chi connectivity index (χ0) is 14.8. The van der Waals surface area contributed by atoms with E-state index in [1.807, 2.05) is 0 Å². The number of primary amides is 1. The zero-order valence-electron chi connectivity index (χ0n) is 10.3. The number of nitrogens with two attached hydrogens (primary N) is 2. The third-order valence-electron chi connectivity index (χ3n) is 2.40. The van der Waals surface area contributed by atoms with Gasteiger partial charge in [0.05, 0.1) is 0 Å². The molecule has 10 heteroatoms. The van der Waals surface area contributed by atoms with E-state index in [9.17, 15) is 13.2 Å². The number of amides is 1. The van der Waals surface area contributed by atoms with Crippen LogP contribution in [0, 0.1) is 0 Å². The van der Waals surface area contributed by atoms with Crippen LogP contribution in [-0.4, -0.2) is 37.0 Å². The average Bonchev–Trinajstić information content (AvgIpc) is 2.71. The molecule has 0 fully saturated rings. The lowest BCUT2D eigenvalue weighted by molar-refractivity contribution is 0.159. The lowest BCUT2D eigenvalue weighted by atomic mass is 10.5. The summed E-state index contributed by atoms with van der Waals surface area (Å²) in [6.07, 6.45) is 0.561. The second-order valence-electron chi connectivity index (χ2n) is 3.80. The number of carbonyl (C=O) groups is 1. The van der Waals surface area contributed by atoms with Crippen LogP contribution < -0.4 is 16.2 Å². The number of sulfonamides is 1. The SMILES string of the molecule is NC(=O)OCCNS(=O)(=O)c1c(N)nc2ccccn12. The van der Waals surface area contributed by atoms with Crippen molar-refractivity contribution in [1.29, 1.82) is 0 Å². The smallest absolute Gasteiger partial charge is 0.404 e. The van der Waals surface area contributed by atoms with Crippen molar-refractivity contribution in [1.82, 2.24) is 14.1 Å². The number of rotatable bonds is 5. The Balaban J connectivity index is 2.23. The highest BCUT2D eigenvalue weighted by Gasteiger charge is 2.23. The first-order valence-electron chi connectivity index (χ1n) is 5.56. The minimum absolute atomic E-state index is 0.112. The molecule has 20 heavy (non-hydrogen) atoms. The molecule has 1 amide bonds. The Morgan fingerprint density at radius 3 is 2.90 bits per heavy atom. The number of hydrogen-bond acceptors (Lipinski definition) is 6. The summed E-state index contributed by atoms with van der Waals surface area (Å²) in [5, 5.41) is -0.160. The van der Waals surface area contributed by atoms with Gasteiger partial charge in [-0.2, -0.15) is 0 Å². The predicted octanol–water partition coefficient (Wildman–Crippen LogP) is -0.710. The van der Waals surface area contributed by atoms with E-state index in [0.29, 0.717) is 5.65 Å². The summed E-state index contributed by atoms with van der Waals surface area (Å²) in [5.74, 6) is -0.112. The molecular weight excluding hydrogens is 286 g/mol. The molecule has 0 spiro atoms. The molecule has 0 radical (unpaired) electrons. The van der Waals surface area contributed by atoms with Gasteiger partial charge in [-0.05, 0) is 12.1 Å². The summed E-state index contributed by atoms with van der Waals surface area (Å²) < 4.78 is 32.3. The molecule has 108 valence electrons. The van der Waals surface area contributed by atoms with E-state index in [1.165, 1.54) is 10.6 Å². The Kier molecular flexibility index (Phi) is 3.77. The monoisotopic (exact) mass is 299 g/mol. The number of nitrogens with zero attached hydrogens (tertiary/aromatic N) is 2. The Bertz CT molecular complexity index is 739. The summed E-state index contributed by atoms with van der Waals surface area (Å²) in [6.45, 7) is -0.296. The number of nitrogens with one attached hydrogen (secondary N) is 1. The molecule has 0 unspecified atom stereocenters. The van der Waals surface area contributed by atoms with E-state index >= 15 is 0 Å². The van der Waals surface area contributed by atoms with Crippen LogP contribution in [-0.2, 0) is 14.8 Å². The van der Waals surface area contributed by atoms with Crippen LogP contribution >= 0.6 is 0 Å². The van der Waals surface area contributed by atoms with Gasteiger partial charge in [0, 0.05) is 12.7 Å². The fourth-order valence-electron chi connectivity index (χ4n) is 1.65. The van der Waals surface area contributed by atoms with Gasteiger partial charge >= 0.3 is 6.09 Å². The predicted molar refractivity (Wildman–Crippen MR) is 70.3 cm³/mol. The van der Waals surface area contributed by atoms with Gasteiger partial charge in [0.25, 0.3) is 10.0 Å². The van der Waals surface area contributed by atoms with Gasteiger partial charge in [0.1, 0.15) is 12.3 Å². The number of pyridine rings is 1. The fourth-order valence-corrected chi connectivity index (χ4v) is 2.88. The molecule has 9 nitrogen and oxygen atoms in total. The normalized spacial score (nSPS) is 11.6. The molecule has 0 aliphatic heterocycles. The quantitative estimate of drug-likeness (QED) is 0.622. The van der Waals surface area contributed by atoms with Gasteiger partial charge < -0.3 is 16.2 Å². The van der Waals surface area contributed by atoms with Crippen molar-refractivity contribution in [2.75, 3.05) is 18.9 Å². The van der Waals surface area contributed by atoms with Crippen molar-refractivity contribution in [3.8, 4) is 0 Å². The highest BCUT2D eigenvalue weighted by molar-refractivity contribution is 7.89. The second-order valence-corrected chi connectivity index (χ2v) is 5.48. The van der Waals surface area contributed by atoms with Crippen molar-refractivity contribution in [2.45, 2.75) is 5.03 Å². The summed E-state index contributed by atoms with van der Waals surface area (Å²) in [7, 11) is -3.88. The van der Waals surface area contributed by atoms with Crippen molar-refractivity contribution in [3.63, 3.8) is 0 Å². The van der Waals surface area contributed by atoms with Crippen LogP contribution in [0.5, 0.6) is 0 Å². The fraction of sp³-hybridized carbons (Fsp3) is 0.200. The van der Waals surface area contributed by atoms with Gasteiger partial charge in [-0.15, -0.1) is 0 Å². The maximum absolute atomic E-state index is 12.1. The van der Waals surface area contributed by atoms with Crippen LogP contribution in [0.3, 0.4) is 0 Å². The van der Waals surface area contributed by atoms with Crippen LogP contribution in [0.1, 0.15) is 0 Å². The van der Waals surface area contributed by atoms with Crippen molar-refractivity contribution < 1.29 is 17.9 Å². The number of imidazole rings is 1. The average molecular weight is 299 g/mol. The molecule has 0 saturated carbocycles. The number of hydrogen-bond donors (Lipinski definition) is 3. The maximum Gasteiger partial charge on any atom is 0.404 e. The van der Waals surface area contributed by atoms with E-state index < -0.39 is 16.1 Å². The molecule has 0 aliphatic rings. The van der Waals surface area contributed by atoms with Crippen molar-refractivity contribution in [3.05, 3.63) is 24.4 Å². The number of fused-ring (bicyclic) bond motifs is 1. The number of nitrogen functional groups attached to an aromatic ring is 1. The molecule has 0 saturated heterocycles. The standard InChI is InChI=1S/C10H13N5O4S/c11-8-9(15-5-2-1-3-7(15)14-8)20(17,18)13-4-6-19-10(12)16/h1-3,5,13H,4,6,11H2,(H2,12,16). The molecule has 0 aliphatic carbocycles. The highest BCUT2D eigenvalue weighted by Crippen LogP contribution is 2.19. The summed E-state index contributed by atoms with van der Waals surface area (Å²) in [5.41, 5.74) is 10.8. The van der Waals surface area contributed by atoms with Crippen LogP contribution in [0.4, 0.5) is 10.6 Å². The molecule has 0 aromatic carbocycles. The van der Waals surface area contributed by atoms with E-state index in [2.05, 4.69) is 14.4 Å². The van der Waals surface area contributed by atoms with Crippen LogP contribution in [0.15, 0.2) is 29.4 Å². The molecule has 2 aromatic rings. The van der Waals surface area contributed by atoms with Crippen molar-refractivity contribution in [2.24, 2.45) is 5.73 Å². The van der Waals surface area contributed by atoms with Crippen LogP contribution in [0.2, 0.25) is 0 Å². The lowest BCUT2D eigenvalue weighted by Gasteiger charge is -2.07. The first kappa shape index (κ1) is 14.1. The molecule has 0 bridgehead atoms. The van der Waals surface area contributed by atoms with Gasteiger partial charge in [0.2, 0.25) is 0 Å². The Morgan fingerprint density at radius 2 is 2.20 bits per heavy atom. The third kappa shape index (κ3) is 2.81. The van der Waals surface area contributed by atoms with Gasteiger partial charge in [-0.3, -0.25) is 4.40 Å². The molecule has 5 N–H and O–H groups in total. The third-order valence-corrected chi connectivity index (χ3v) is 3.90. The topological polar surface area (TPSA) is 142 Å². The summed E-state index contributed by atoms with van der Waals surface area (Å²) in [4.78, 5) is 14.3. The van der Waals surface area contributed by atoms with Crippen LogP contribution in [0.25, 0.3) is 5.65 Å². The largest absolute Gasteiger partial charge is 0.448 e. The molecule has 2 aromatic heterocycles. The minimum atomic E-state index is -3.88. The van der Waals surface area contributed by atoms with Gasteiger partial charge in [0.15, 0.2) is 10.8 Å². The summed E-state index contributed by atoms with van der Waals surface area (Å²) >= 11 is 0. The lowest BCUT2D eigenvalue weighted by Crippen LogP contribution is -2.30. The minimum Gasteiger partial charge on any atom is -0.448 e. The number of aromatic nitrogens is 2. The van der Waals surface area contributed by atoms with E-state index in [0.717, 1.165) is 0 Å². The maximum atomic E-state index is 12.1. The zero-order valence-corrected chi connectivity index (χ0v) is 11.1. The van der Waals surface area contributed by atoms with E-state index in [-0.39, 0.29) is 24.0 Å². The first-order chi connectivity index (χ1) is 9.42. The van der Waals surface area contributed by atoms with Gasteiger partial charge in [-0.1, -0.05) is 6.07 Å². The number of ether oxygens (including phenoxy) is 1. The van der Waals surface area contributed by atoms with E-state index in [4.69, 9.17) is 11.5 Å². The number of anilines is 1. The number of carbonyl (C=O) groups excluding carboxylic acids is 1. The van der Waals surface area contributed by atoms with E-state index in [1.54, 1.807) is 18.2 Å². The highest BCUT2D eigenvalue weighted by atomic mass is 32.2. The van der Waals surface area contributed by atoms with Gasteiger partial charge in [-0.25, -0.2) is 22.9 Å². The van der Waals surface area contributed by atoms with Crippen molar-refractivity contribution >= 4 is 27.6 Å². The Hall–Kier alpha value is -2.33. The molecule has 0 atom stereocenters. The Morgan fingerprint density at radius 1 is 1.45 bits per heavy atom. The second kappa shape index (κ2) is 5.35. The molecule has 2 heterocycles. The summed E-state index contributed by atoms with van der Waals surface area (Å²) in [6, 6.07) is 5.00. The molecular formula is C10H13N5O4S. The molecule has 2 rings (SSSR count).